The molecule has 0 heterocycles. The van der Waals surface area contributed by atoms with Crippen molar-refractivity contribution >= 4 is 5.91 Å². The smallest absolute Gasteiger partial charge is 0.224 e. The predicted molar refractivity (Wildman–Crippen MR) is 78.2 cm³/mol. The van der Waals surface area contributed by atoms with E-state index in [1.807, 2.05) is 13.1 Å². The van der Waals surface area contributed by atoms with Crippen LogP contribution in [0.1, 0.15) is 29.5 Å². The van der Waals surface area contributed by atoms with Gasteiger partial charge in [0.2, 0.25) is 5.91 Å². The van der Waals surface area contributed by atoms with Crippen molar-refractivity contribution in [3.63, 3.8) is 0 Å². The first-order valence-electron chi connectivity index (χ1n) is 7.02. The Labute approximate surface area is 115 Å². The van der Waals surface area contributed by atoms with E-state index in [2.05, 4.69) is 36.6 Å². The first-order valence-corrected chi connectivity index (χ1v) is 7.02. The summed E-state index contributed by atoms with van der Waals surface area (Å²) >= 11 is 0. The van der Waals surface area contributed by atoms with Crippen LogP contribution in [-0.4, -0.2) is 26.0 Å². The van der Waals surface area contributed by atoms with E-state index in [-0.39, 0.29) is 5.91 Å². The van der Waals surface area contributed by atoms with Crippen LogP contribution in [0.5, 0.6) is 0 Å². The summed E-state index contributed by atoms with van der Waals surface area (Å²) in [6, 6.07) is 6.24. The molecule has 0 bridgehead atoms. The molecule has 0 unspecified atom stereocenters. The van der Waals surface area contributed by atoms with Crippen LogP contribution >= 0.6 is 0 Å². The van der Waals surface area contributed by atoms with Gasteiger partial charge in [-0.15, -0.1) is 0 Å². The van der Waals surface area contributed by atoms with Crippen LogP contribution < -0.4 is 10.6 Å². The van der Waals surface area contributed by atoms with E-state index in [1.54, 1.807) is 0 Å². The first-order chi connectivity index (χ1) is 9.04. The van der Waals surface area contributed by atoms with E-state index in [4.69, 9.17) is 0 Å². The highest BCUT2D eigenvalue weighted by molar-refractivity contribution is 5.78. The number of carbonyl (C=O) groups excluding carboxylic acids is 1. The molecule has 19 heavy (non-hydrogen) atoms. The van der Waals surface area contributed by atoms with Gasteiger partial charge in [-0.05, 0) is 50.4 Å². The quantitative estimate of drug-likeness (QED) is 0.821. The third-order valence-electron chi connectivity index (χ3n) is 4.11. The summed E-state index contributed by atoms with van der Waals surface area (Å²) < 4.78 is 0. The SMILES string of the molecule is CNCC1(CNC(=O)Cc2ccc(C)c(C)c2)CC1. The number of rotatable bonds is 6. The lowest BCUT2D eigenvalue weighted by molar-refractivity contribution is -0.120. The fraction of sp³-hybridized carbons (Fsp3) is 0.562. The Morgan fingerprint density at radius 2 is 1.95 bits per heavy atom. The van der Waals surface area contributed by atoms with Crippen molar-refractivity contribution in [1.29, 1.82) is 0 Å². The molecular formula is C16H24N2O. The highest BCUT2D eigenvalue weighted by atomic mass is 16.1. The highest BCUT2D eigenvalue weighted by Gasteiger charge is 2.41. The molecule has 1 aromatic rings. The Balaban J connectivity index is 1.82. The van der Waals surface area contributed by atoms with Gasteiger partial charge in [-0.1, -0.05) is 18.2 Å². The van der Waals surface area contributed by atoms with Crippen molar-refractivity contribution in [1.82, 2.24) is 10.6 Å². The molecule has 0 aromatic heterocycles. The van der Waals surface area contributed by atoms with Crippen molar-refractivity contribution in [2.75, 3.05) is 20.1 Å². The number of amides is 1. The lowest BCUT2D eigenvalue weighted by Gasteiger charge is -2.15. The normalized spacial score (nSPS) is 16.2. The maximum Gasteiger partial charge on any atom is 0.224 e. The lowest BCUT2D eigenvalue weighted by atomic mass is 10.0. The van der Waals surface area contributed by atoms with Crippen molar-refractivity contribution in [3.8, 4) is 0 Å². The number of aryl methyl sites for hydroxylation is 2. The maximum absolute atomic E-state index is 12.0. The fourth-order valence-corrected chi connectivity index (χ4v) is 2.42. The van der Waals surface area contributed by atoms with Gasteiger partial charge in [-0.3, -0.25) is 4.79 Å². The second-order valence-corrected chi connectivity index (χ2v) is 5.90. The third-order valence-corrected chi connectivity index (χ3v) is 4.11. The number of benzene rings is 1. The van der Waals surface area contributed by atoms with Crippen molar-refractivity contribution in [3.05, 3.63) is 34.9 Å². The number of nitrogens with one attached hydrogen (secondary N) is 2. The van der Waals surface area contributed by atoms with Crippen LogP contribution in [0.25, 0.3) is 0 Å². The molecule has 0 atom stereocenters. The summed E-state index contributed by atoms with van der Waals surface area (Å²) in [5.41, 5.74) is 3.95. The fourth-order valence-electron chi connectivity index (χ4n) is 2.42. The van der Waals surface area contributed by atoms with E-state index in [1.165, 1.54) is 24.0 Å². The largest absolute Gasteiger partial charge is 0.355 e. The predicted octanol–water partition coefficient (Wildman–Crippen LogP) is 1.96. The van der Waals surface area contributed by atoms with Gasteiger partial charge in [0, 0.05) is 18.5 Å². The number of carbonyl (C=O) groups is 1. The molecule has 0 spiro atoms. The van der Waals surface area contributed by atoms with Crippen LogP contribution in [0.4, 0.5) is 0 Å². The van der Waals surface area contributed by atoms with E-state index < -0.39 is 0 Å². The Kier molecular flexibility index (Phi) is 4.25. The van der Waals surface area contributed by atoms with Crippen LogP contribution in [0, 0.1) is 19.3 Å². The van der Waals surface area contributed by atoms with E-state index in [9.17, 15) is 4.79 Å². The second kappa shape index (κ2) is 5.74. The molecule has 0 aliphatic heterocycles. The van der Waals surface area contributed by atoms with Gasteiger partial charge in [0.25, 0.3) is 0 Å². The summed E-state index contributed by atoms with van der Waals surface area (Å²) in [5.74, 6) is 0.130. The molecule has 1 aliphatic rings. The molecule has 2 rings (SSSR count). The van der Waals surface area contributed by atoms with E-state index in [0.29, 0.717) is 11.8 Å². The van der Waals surface area contributed by atoms with Crippen molar-refractivity contribution in [2.24, 2.45) is 5.41 Å². The minimum Gasteiger partial charge on any atom is -0.355 e. The summed E-state index contributed by atoms with van der Waals surface area (Å²) in [7, 11) is 1.97. The first kappa shape index (κ1) is 14.1. The van der Waals surface area contributed by atoms with E-state index in [0.717, 1.165) is 18.7 Å². The minimum absolute atomic E-state index is 0.130. The average molecular weight is 260 g/mol. The topological polar surface area (TPSA) is 41.1 Å². The van der Waals surface area contributed by atoms with Gasteiger partial charge < -0.3 is 10.6 Å². The Morgan fingerprint density at radius 1 is 1.21 bits per heavy atom. The molecule has 3 nitrogen and oxygen atoms in total. The average Bonchev–Trinajstić information content (AvgIpc) is 3.12. The van der Waals surface area contributed by atoms with Gasteiger partial charge in [-0.25, -0.2) is 0 Å². The van der Waals surface area contributed by atoms with Crippen LogP contribution in [0.2, 0.25) is 0 Å². The molecule has 1 saturated carbocycles. The second-order valence-electron chi connectivity index (χ2n) is 5.90. The summed E-state index contributed by atoms with van der Waals surface area (Å²) in [4.78, 5) is 12.0. The molecular weight excluding hydrogens is 236 g/mol. The number of hydrogen-bond acceptors (Lipinski definition) is 2. The summed E-state index contributed by atoms with van der Waals surface area (Å²) in [6.07, 6.45) is 2.92. The zero-order chi connectivity index (χ0) is 13.9. The van der Waals surface area contributed by atoms with Crippen LogP contribution in [0.3, 0.4) is 0 Å². The van der Waals surface area contributed by atoms with E-state index >= 15 is 0 Å². The Morgan fingerprint density at radius 3 is 2.53 bits per heavy atom. The molecule has 2 N–H and O–H groups in total. The minimum atomic E-state index is 0.130. The molecule has 3 heteroatoms. The lowest BCUT2D eigenvalue weighted by Crippen LogP contribution is -2.35. The molecule has 1 fully saturated rings. The van der Waals surface area contributed by atoms with Crippen LogP contribution in [0.15, 0.2) is 18.2 Å². The van der Waals surface area contributed by atoms with Gasteiger partial charge in [-0.2, -0.15) is 0 Å². The molecule has 0 saturated heterocycles. The summed E-state index contributed by atoms with van der Waals surface area (Å²) in [6.45, 7) is 5.98. The highest BCUT2D eigenvalue weighted by Crippen LogP contribution is 2.44. The van der Waals surface area contributed by atoms with Gasteiger partial charge in [0.1, 0.15) is 0 Å². The van der Waals surface area contributed by atoms with Crippen molar-refractivity contribution in [2.45, 2.75) is 33.1 Å². The molecule has 1 amide bonds. The zero-order valence-corrected chi connectivity index (χ0v) is 12.2. The maximum atomic E-state index is 12.0. The Bertz CT molecular complexity index is 464. The standard InChI is InChI=1S/C16H24N2O/c1-12-4-5-14(8-13(12)2)9-15(19)18-11-16(6-7-16)10-17-3/h4-5,8,17H,6-7,9-11H2,1-3H3,(H,18,19). The Hall–Kier alpha value is -1.35. The van der Waals surface area contributed by atoms with Gasteiger partial charge in [0.05, 0.1) is 6.42 Å². The summed E-state index contributed by atoms with van der Waals surface area (Å²) in [5, 5.41) is 6.28. The van der Waals surface area contributed by atoms with Gasteiger partial charge >= 0.3 is 0 Å². The zero-order valence-electron chi connectivity index (χ0n) is 12.2. The molecule has 0 radical (unpaired) electrons. The van der Waals surface area contributed by atoms with Crippen LogP contribution in [-0.2, 0) is 11.2 Å². The third kappa shape index (κ3) is 3.80. The molecule has 104 valence electrons. The monoisotopic (exact) mass is 260 g/mol. The molecule has 1 aromatic carbocycles. The van der Waals surface area contributed by atoms with Crippen molar-refractivity contribution < 1.29 is 4.79 Å². The number of hydrogen-bond donors (Lipinski definition) is 2. The van der Waals surface area contributed by atoms with Gasteiger partial charge in [0.15, 0.2) is 0 Å². The molecule has 1 aliphatic carbocycles.